The molecule has 32 heavy (non-hydrogen) atoms. The molecule has 0 radical (unpaired) electrons. The molecule has 0 aliphatic carbocycles. The zero-order valence-corrected chi connectivity index (χ0v) is 16.5. The fraction of sp³-hybridized carbons (Fsp3) is 0.0952. The number of methoxy groups -OCH3 is 1. The molecular formula is C21H15F3N6O2. The van der Waals surface area contributed by atoms with Gasteiger partial charge in [-0.15, -0.1) is 10.2 Å². The first-order valence-electron chi connectivity index (χ1n) is 9.23. The lowest BCUT2D eigenvalue weighted by atomic mass is 10.0. The quantitative estimate of drug-likeness (QED) is 0.482. The Morgan fingerprint density at radius 1 is 1.06 bits per heavy atom. The molecule has 2 heterocycles. The van der Waals surface area contributed by atoms with Gasteiger partial charge < -0.3 is 10.1 Å². The number of H-pyrrole nitrogens is 1. The number of pyridine rings is 1. The van der Waals surface area contributed by atoms with Crippen molar-refractivity contribution in [2.24, 2.45) is 0 Å². The lowest BCUT2D eigenvalue weighted by molar-refractivity contribution is -0.137. The van der Waals surface area contributed by atoms with Crippen molar-refractivity contribution in [3.8, 4) is 28.4 Å². The fourth-order valence-corrected chi connectivity index (χ4v) is 3.05. The van der Waals surface area contributed by atoms with E-state index in [1.54, 1.807) is 42.5 Å². The van der Waals surface area contributed by atoms with Crippen LogP contribution in [-0.4, -0.2) is 38.6 Å². The van der Waals surface area contributed by atoms with Crippen LogP contribution >= 0.6 is 0 Å². The van der Waals surface area contributed by atoms with Gasteiger partial charge >= 0.3 is 6.18 Å². The number of carbonyl (C=O) groups excluding carboxylic acids is 1. The van der Waals surface area contributed by atoms with Crippen LogP contribution in [0, 0.1) is 0 Å². The fourth-order valence-electron chi connectivity index (χ4n) is 3.05. The Morgan fingerprint density at radius 2 is 1.84 bits per heavy atom. The summed E-state index contributed by atoms with van der Waals surface area (Å²) >= 11 is 0. The zero-order valence-electron chi connectivity index (χ0n) is 16.5. The molecule has 4 aromatic rings. The number of nitrogens with one attached hydrogen (secondary N) is 2. The standard InChI is InChI=1S/C21H15F3N6O2/c1-32-14-9-5-8-13(10-14)20(31)26-18-17(19-27-29-30-28-19)15(21(22,23)24)11-16(25-18)12-6-3-2-4-7-12/h2-11H,1H3,(H,25,26,31)(H,27,28,29,30). The first-order chi connectivity index (χ1) is 15.4. The molecule has 4 rings (SSSR count). The maximum absolute atomic E-state index is 14.0. The van der Waals surface area contributed by atoms with E-state index in [0.29, 0.717) is 11.3 Å². The molecule has 0 unspecified atom stereocenters. The van der Waals surface area contributed by atoms with Crippen molar-refractivity contribution >= 4 is 11.7 Å². The first kappa shape index (κ1) is 21.0. The summed E-state index contributed by atoms with van der Waals surface area (Å²) in [6.45, 7) is 0. The van der Waals surface area contributed by atoms with Gasteiger partial charge in [0, 0.05) is 11.1 Å². The number of aromatic nitrogens is 5. The number of ether oxygens (including phenoxy) is 1. The Hall–Kier alpha value is -4.28. The van der Waals surface area contributed by atoms with Crippen molar-refractivity contribution < 1.29 is 22.7 Å². The minimum absolute atomic E-state index is 0.0195. The first-order valence-corrected chi connectivity index (χ1v) is 9.23. The van der Waals surface area contributed by atoms with Crippen molar-refractivity contribution in [1.29, 1.82) is 0 Å². The largest absolute Gasteiger partial charge is 0.497 e. The summed E-state index contributed by atoms with van der Waals surface area (Å²) in [6.07, 6.45) is -4.78. The molecule has 8 nitrogen and oxygen atoms in total. The van der Waals surface area contributed by atoms with Gasteiger partial charge in [0.2, 0.25) is 5.82 Å². The number of nitrogens with zero attached hydrogens (tertiary/aromatic N) is 4. The van der Waals surface area contributed by atoms with E-state index in [4.69, 9.17) is 4.74 Å². The predicted molar refractivity (Wildman–Crippen MR) is 109 cm³/mol. The Balaban J connectivity index is 1.89. The van der Waals surface area contributed by atoms with E-state index in [1.807, 2.05) is 0 Å². The summed E-state index contributed by atoms with van der Waals surface area (Å²) in [4.78, 5) is 17.2. The Morgan fingerprint density at radius 3 is 2.50 bits per heavy atom. The van der Waals surface area contributed by atoms with Crippen molar-refractivity contribution in [1.82, 2.24) is 25.6 Å². The molecule has 0 atom stereocenters. The third kappa shape index (κ3) is 4.26. The zero-order chi connectivity index (χ0) is 22.7. The maximum Gasteiger partial charge on any atom is 0.417 e. The molecule has 0 fully saturated rings. The number of benzene rings is 2. The number of hydrogen-bond donors (Lipinski definition) is 2. The Bertz CT molecular complexity index is 1240. The molecule has 11 heteroatoms. The van der Waals surface area contributed by atoms with Gasteiger partial charge in [0.15, 0.2) is 0 Å². The van der Waals surface area contributed by atoms with Crippen molar-refractivity contribution in [3.05, 3.63) is 71.8 Å². The normalized spacial score (nSPS) is 11.2. The van der Waals surface area contributed by atoms with Crippen molar-refractivity contribution in [2.75, 3.05) is 12.4 Å². The number of alkyl halides is 3. The van der Waals surface area contributed by atoms with Crippen molar-refractivity contribution in [2.45, 2.75) is 6.18 Å². The molecule has 162 valence electrons. The van der Waals surface area contributed by atoms with Crippen LogP contribution in [-0.2, 0) is 6.18 Å². The average molecular weight is 440 g/mol. The number of carbonyl (C=O) groups is 1. The molecule has 2 aromatic heterocycles. The van der Waals surface area contributed by atoms with Crippen LogP contribution in [0.1, 0.15) is 15.9 Å². The van der Waals surface area contributed by atoms with Crippen LogP contribution in [0.5, 0.6) is 5.75 Å². The topological polar surface area (TPSA) is 106 Å². The van der Waals surface area contributed by atoms with Crippen LogP contribution in [0.15, 0.2) is 60.7 Å². The van der Waals surface area contributed by atoms with Gasteiger partial charge in [-0.05, 0) is 29.5 Å². The third-order valence-corrected chi connectivity index (χ3v) is 4.53. The predicted octanol–water partition coefficient (Wildman–Crippen LogP) is 4.21. The average Bonchev–Trinajstić information content (AvgIpc) is 3.33. The molecule has 2 aromatic carbocycles. The van der Waals surface area contributed by atoms with Gasteiger partial charge in [-0.3, -0.25) is 4.79 Å². The monoisotopic (exact) mass is 440 g/mol. The lowest BCUT2D eigenvalue weighted by Gasteiger charge is -2.17. The molecule has 1 amide bonds. The van der Waals surface area contributed by atoms with Gasteiger partial charge in [-0.1, -0.05) is 36.4 Å². The summed E-state index contributed by atoms with van der Waals surface area (Å²) < 4.78 is 47.2. The highest BCUT2D eigenvalue weighted by Crippen LogP contribution is 2.41. The van der Waals surface area contributed by atoms with E-state index in [2.05, 4.69) is 30.9 Å². The molecule has 0 bridgehead atoms. The lowest BCUT2D eigenvalue weighted by Crippen LogP contribution is -2.17. The second-order valence-corrected chi connectivity index (χ2v) is 6.56. The minimum Gasteiger partial charge on any atom is -0.497 e. The summed E-state index contributed by atoms with van der Waals surface area (Å²) in [6, 6.07) is 15.4. The van der Waals surface area contributed by atoms with Crippen LogP contribution in [0.4, 0.5) is 19.0 Å². The summed E-state index contributed by atoms with van der Waals surface area (Å²) in [5.74, 6) is -0.976. The molecule has 0 saturated carbocycles. The SMILES string of the molecule is COc1cccc(C(=O)Nc2nc(-c3ccccc3)cc(C(F)(F)F)c2-c2nn[nH]n2)c1. The number of rotatable bonds is 5. The van der Waals surface area contributed by atoms with E-state index >= 15 is 0 Å². The van der Waals surface area contributed by atoms with Gasteiger partial charge in [0.1, 0.15) is 11.6 Å². The number of anilines is 1. The number of tetrazole rings is 1. The second kappa shape index (κ2) is 8.46. The Kier molecular flexibility index (Phi) is 5.54. The van der Waals surface area contributed by atoms with E-state index < -0.39 is 23.2 Å². The van der Waals surface area contributed by atoms with Crippen LogP contribution in [0.3, 0.4) is 0 Å². The maximum atomic E-state index is 14.0. The highest BCUT2D eigenvalue weighted by atomic mass is 19.4. The van der Waals surface area contributed by atoms with Crippen molar-refractivity contribution in [3.63, 3.8) is 0 Å². The molecular weight excluding hydrogens is 425 g/mol. The van der Waals surface area contributed by atoms with E-state index in [1.165, 1.54) is 19.2 Å². The van der Waals surface area contributed by atoms with Crippen LogP contribution in [0.25, 0.3) is 22.6 Å². The number of hydrogen-bond acceptors (Lipinski definition) is 6. The number of halogens is 3. The Labute approximate surface area is 179 Å². The minimum atomic E-state index is -4.78. The van der Waals surface area contributed by atoms with Gasteiger partial charge in [-0.2, -0.15) is 18.4 Å². The molecule has 0 aliphatic heterocycles. The highest BCUT2D eigenvalue weighted by molar-refractivity contribution is 6.06. The highest BCUT2D eigenvalue weighted by Gasteiger charge is 2.38. The van der Waals surface area contributed by atoms with E-state index in [0.717, 1.165) is 6.07 Å². The van der Waals surface area contributed by atoms with Gasteiger partial charge in [-0.25, -0.2) is 4.98 Å². The summed E-state index contributed by atoms with van der Waals surface area (Å²) in [5.41, 5.74) is -0.930. The smallest absolute Gasteiger partial charge is 0.417 e. The molecule has 2 N–H and O–H groups in total. The summed E-state index contributed by atoms with van der Waals surface area (Å²) in [5, 5.41) is 15.3. The second-order valence-electron chi connectivity index (χ2n) is 6.56. The van der Waals surface area contributed by atoms with Crippen LogP contribution in [0.2, 0.25) is 0 Å². The van der Waals surface area contributed by atoms with Crippen LogP contribution < -0.4 is 10.1 Å². The van der Waals surface area contributed by atoms with E-state index in [9.17, 15) is 18.0 Å². The number of amides is 1. The third-order valence-electron chi connectivity index (χ3n) is 4.53. The van der Waals surface area contributed by atoms with Gasteiger partial charge in [0.25, 0.3) is 5.91 Å². The van der Waals surface area contributed by atoms with E-state index in [-0.39, 0.29) is 22.9 Å². The van der Waals surface area contributed by atoms with Gasteiger partial charge in [0.05, 0.1) is 23.9 Å². The summed E-state index contributed by atoms with van der Waals surface area (Å²) in [7, 11) is 1.44. The number of aromatic amines is 1. The molecule has 0 saturated heterocycles. The molecule has 0 aliphatic rings. The molecule has 0 spiro atoms.